The number of benzene rings is 1. The van der Waals surface area contributed by atoms with Crippen LogP contribution in [0, 0.1) is 0 Å². The van der Waals surface area contributed by atoms with Gasteiger partial charge in [-0.1, -0.05) is 43.9 Å². The number of aromatic nitrogens is 2. The Labute approximate surface area is 121 Å². The molecule has 1 aromatic heterocycles. The molecule has 1 aromatic carbocycles. The maximum absolute atomic E-state index is 6.68. The summed E-state index contributed by atoms with van der Waals surface area (Å²) in [6.07, 6.45) is 8.40. The second-order valence-corrected chi connectivity index (χ2v) is 6.23. The van der Waals surface area contributed by atoms with Crippen molar-refractivity contribution >= 4 is 10.9 Å². The highest BCUT2D eigenvalue weighted by atomic mass is 15.3. The molecule has 20 heavy (non-hydrogen) atoms. The van der Waals surface area contributed by atoms with Crippen molar-refractivity contribution in [2.45, 2.75) is 64.0 Å². The summed E-state index contributed by atoms with van der Waals surface area (Å²) in [6, 6.07) is 8.53. The average molecular weight is 271 g/mol. The van der Waals surface area contributed by atoms with Crippen LogP contribution in [0.25, 0.3) is 10.9 Å². The first-order chi connectivity index (χ1) is 9.72. The highest BCUT2D eigenvalue weighted by molar-refractivity contribution is 5.82. The Morgan fingerprint density at radius 2 is 1.85 bits per heavy atom. The lowest BCUT2D eigenvalue weighted by molar-refractivity contribution is 0.365. The Kier molecular flexibility index (Phi) is 3.79. The van der Waals surface area contributed by atoms with E-state index >= 15 is 0 Å². The van der Waals surface area contributed by atoms with Crippen molar-refractivity contribution in [2.75, 3.05) is 0 Å². The zero-order valence-corrected chi connectivity index (χ0v) is 12.4. The van der Waals surface area contributed by atoms with Gasteiger partial charge in [-0.15, -0.1) is 0 Å². The van der Waals surface area contributed by atoms with Gasteiger partial charge in [-0.2, -0.15) is 5.10 Å². The fourth-order valence-corrected chi connectivity index (χ4v) is 3.51. The van der Waals surface area contributed by atoms with Gasteiger partial charge in [0.15, 0.2) is 0 Å². The van der Waals surface area contributed by atoms with E-state index in [1.807, 2.05) is 0 Å². The molecular weight excluding hydrogens is 246 g/mol. The van der Waals surface area contributed by atoms with E-state index in [4.69, 9.17) is 10.8 Å². The molecule has 1 saturated carbocycles. The van der Waals surface area contributed by atoms with E-state index in [1.165, 1.54) is 42.3 Å². The molecule has 3 nitrogen and oxygen atoms in total. The van der Waals surface area contributed by atoms with Crippen LogP contribution < -0.4 is 5.73 Å². The number of rotatable bonds is 3. The predicted molar refractivity (Wildman–Crippen MR) is 83.7 cm³/mol. The van der Waals surface area contributed by atoms with Gasteiger partial charge in [0.25, 0.3) is 0 Å². The molecule has 0 bridgehead atoms. The number of para-hydroxylation sites is 1. The molecule has 1 aliphatic rings. The van der Waals surface area contributed by atoms with E-state index in [9.17, 15) is 0 Å². The van der Waals surface area contributed by atoms with Gasteiger partial charge < -0.3 is 5.73 Å². The highest BCUT2D eigenvalue weighted by Gasteiger charge is 2.28. The minimum Gasteiger partial charge on any atom is -0.325 e. The van der Waals surface area contributed by atoms with Crippen molar-refractivity contribution in [2.24, 2.45) is 5.73 Å². The van der Waals surface area contributed by atoms with Gasteiger partial charge in [0.05, 0.1) is 11.2 Å². The first-order valence-corrected chi connectivity index (χ1v) is 7.95. The van der Waals surface area contributed by atoms with Gasteiger partial charge in [0.1, 0.15) is 0 Å². The molecule has 0 saturated heterocycles. The smallest absolute Gasteiger partial charge is 0.0721 e. The minimum atomic E-state index is -0.0494. The zero-order valence-electron chi connectivity index (χ0n) is 12.4. The van der Waals surface area contributed by atoms with Crippen molar-refractivity contribution in [3.63, 3.8) is 0 Å². The Morgan fingerprint density at radius 1 is 1.15 bits per heavy atom. The Balaban J connectivity index is 1.93. The SMILES string of the molecule is CCn1nc(CC2(N)CCCCCC2)c2ccccc21. The molecular formula is C17H25N3. The fraction of sp³-hybridized carbons (Fsp3) is 0.588. The molecule has 108 valence electrons. The second kappa shape index (κ2) is 5.57. The summed E-state index contributed by atoms with van der Waals surface area (Å²) in [5.74, 6) is 0. The van der Waals surface area contributed by atoms with Crippen LogP contribution in [0.15, 0.2) is 24.3 Å². The summed E-state index contributed by atoms with van der Waals surface area (Å²) in [5, 5.41) is 6.10. The molecule has 0 spiro atoms. The monoisotopic (exact) mass is 271 g/mol. The van der Waals surface area contributed by atoms with Gasteiger partial charge in [-0.25, -0.2) is 0 Å². The van der Waals surface area contributed by atoms with Gasteiger partial charge in [-0.05, 0) is 25.8 Å². The molecule has 2 aromatic rings. The molecule has 3 rings (SSSR count). The normalized spacial score (nSPS) is 19.1. The van der Waals surface area contributed by atoms with Gasteiger partial charge >= 0.3 is 0 Å². The number of fused-ring (bicyclic) bond motifs is 1. The lowest BCUT2D eigenvalue weighted by atomic mass is 9.86. The van der Waals surface area contributed by atoms with E-state index in [1.54, 1.807) is 0 Å². The molecule has 2 N–H and O–H groups in total. The van der Waals surface area contributed by atoms with E-state index < -0.39 is 0 Å². The minimum absolute atomic E-state index is 0.0494. The molecule has 0 unspecified atom stereocenters. The van der Waals surface area contributed by atoms with E-state index in [2.05, 4.69) is 35.9 Å². The van der Waals surface area contributed by atoms with Crippen LogP contribution in [0.2, 0.25) is 0 Å². The van der Waals surface area contributed by atoms with Gasteiger partial charge in [-0.3, -0.25) is 4.68 Å². The number of nitrogens with two attached hydrogens (primary N) is 1. The first kappa shape index (κ1) is 13.6. The summed E-state index contributed by atoms with van der Waals surface area (Å²) in [7, 11) is 0. The van der Waals surface area contributed by atoms with Crippen molar-refractivity contribution in [1.82, 2.24) is 9.78 Å². The third-order valence-corrected chi connectivity index (χ3v) is 4.65. The van der Waals surface area contributed by atoms with Crippen LogP contribution in [-0.2, 0) is 13.0 Å². The molecule has 0 atom stereocenters. The summed E-state index contributed by atoms with van der Waals surface area (Å²) < 4.78 is 2.10. The van der Waals surface area contributed by atoms with Crippen LogP contribution in [0.3, 0.4) is 0 Å². The Bertz CT molecular complexity index is 577. The largest absolute Gasteiger partial charge is 0.325 e. The van der Waals surface area contributed by atoms with Crippen LogP contribution >= 0.6 is 0 Å². The molecule has 1 fully saturated rings. The standard InChI is InChI=1S/C17H25N3/c1-2-20-16-10-6-5-9-14(16)15(19-20)13-17(18)11-7-3-4-8-12-17/h5-6,9-10H,2-4,7-8,11-13,18H2,1H3. The molecule has 0 amide bonds. The lowest BCUT2D eigenvalue weighted by Gasteiger charge is -2.27. The number of hydrogen-bond donors (Lipinski definition) is 1. The fourth-order valence-electron chi connectivity index (χ4n) is 3.51. The Morgan fingerprint density at radius 3 is 2.55 bits per heavy atom. The maximum atomic E-state index is 6.68. The summed E-state index contributed by atoms with van der Waals surface area (Å²) in [4.78, 5) is 0. The van der Waals surface area contributed by atoms with Crippen LogP contribution in [0.1, 0.15) is 51.1 Å². The Hall–Kier alpha value is -1.35. The molecule has 1 heterocycles. The zero-order chi connectivity index (χ0) is 14.0. The van der Waals surface area contributed by atoms with Crippen LogP contribution in [-0.4, -0.2) is 15.3 Å². The van der Waals surface area contributed by atoms with Crippen LogP contribution in [0.4, 0.5) is 0 Å². The number of nitrogens with zero attached hydrogens (tertiary/aromatic N) is 2. The molecule has 3 heteroatoms. The molecule has 0 radical (unpaired) electrons. The van der Waals surface area contributed by atoms with E-state index in [0.717, 1.165) is 25.8 Å². The maximum Gasteiger partial charge on any atom is 0.0721 e. The number of aryl methyl sites for hydroxylation is 1. The summed E-state index contributed by atoms with van der Waals surface area (Å²) >= 11 is 0. The quantitative estimate of drug-likeness (QED) is 0.866. The molecule has 1 aliphatic carbocycles. The van der Waals surface area contributed by atoms with Crippen molar-refractivity contribution in [3.05, 3.63) is 30.0 Å². The molecule has 0 aliphatic heterocycles. The predicted octanol–water partition coefficient (Wildman–Crippen LogP) is 3.65. The summed E-state index contributed by atoms with van der Waals surface area (Å²) in [6.45, 7) is 3.06. The second-order valence-electron chi connectivity index (χ2n) is 6.23. The van der Waals surface area contributed by atoms with Gasteiger partial charge in [0, 0.05) is 23.9 Å². The number of hydrogen-bond acceptors (Lipinski definition) is 2. The third-order valence-electron chi connectivity index (χ3n) is 4.65. The lowest BCUT2D eigenvalue weighted by Crippen LogP contribution is -2.41. The van der Waals surface area contributed by atoms with Crippen molar-refractivity contribution in [3.8, 4) is 0 Å². The van der Waals surface area contributed by atoms with Crippen molar-refractivity contribution < 1.29 is 0 Å². The van der Waals surface area contributed by atoms with Crippen LogP contribution in [0.5, 0.6) is 0 Å². The topological polar surface area (TPSA) is 43.8 Å². The van der Waals surface area contributed by atoms with E-state index in [-0.39, 0.29) is 5.54 Å². The third kappa shape index (κ3) is 2.59. The first-order valence-electron chi connectivity index (χ1n) is 7.95. The highest BCUT2D eigenvalue weighted by Crippen LogP contribution is 2.30. The average Bonchev–Trinajstić information content (AvgIpc) is 2.65. The van der Waals surface area contributed by atoms with Gasteiger partial charge in [0.2, 0.25) is 0 Å². The van der Waals surface area contributed by atoms with Crippen molar-refractivity contribution in [1.29, 1.82) is 0 Å². The van der Waals surface area contributed by atoms with E-state index in [0.29, 0.717) is 0 Å². The summed E-state index contributed by atoms with van der Waals surface area (Å²) in [5.41, 5.74) is 9.06.